The Labute approximate surface area is 184 Å². The Morgan fingerprint density at radius 2 is 1.94 bits per heavy atom. The number of pyridine rings is 1. The summed E-state index contributed by atoms with van der Waals surface area (Å²) in [7, 11) is 1.94. The van der Waals surface area contributed by atoms with Crippen molar-refractivity contribution in [1.82, 2.24) is 29.9 Å². The summed E-state index contributed by atoms with van der Waals surface area (Å²) in [5.74, 6) is 0.855. The van der Waals surface area contributed by atoms with Crippen LogP contribution in [-0.2, 0) is 20.0 Å². The number of aromatic nitrogens is 5. The fourth-order valence-corrected chi connectivity index (χ4v) is 5.31. The molecule has 1 saturated heterocycles. The van der Waals surface area contributed by atoms with Crippen molar-refractivity contribution >= 4 is 0 Å². The van der Waals surface area contributed by atoms with Crippen molar-refractivity contribution in [3.63, 3.8) is 0 Å². The highest BCUT2D eigenvalue weighted by Crippen LogP contribution is 2.61. The summed E-state index contributed by atoms with van der Waals surface area (Å²) >= 11 is 0. The molecule has 162 valence electrons. The molecular formula is C25H32N6. The van der Waals surface area contributed by atoms with E-state index in [0.717, 1.165) is 41.5 Å². The summed E-state index contributed by atoms with van der Waals surface area (Å²) in [5.41, 5.74) is 7.20. The zero-order valence-electron chi connectivity index (χ0n) is 18.9. The third-order valence-electron chi connectivity index (χ3n) is 7.46. The van der Waals surface area contributed by atoms with Gasteiger partial charge in [-0.05, 0) is 94.1 Å². The van der Waals surface area contributed by atoms with Crippen molar-refractivity contribution < 1.29 is 0 Å². The molecule has 1 unspecified atom stereocenters. The fourth-order valence-electron chi connectivity index (χ4n) is 5.31. The first-order valence-corrected chi connectivity index (χ1v) is 11.5. The van der Waals surface area contributed by atoms with Crippen molar-refractivity contribution in [2.45, 2.75) is 52.5 Å². The van der Waals surface area contributed by atoms with Crippen LogP contribution in [-0.4, -0.2) is 43.0 Å². The molecule has 1 atom stereocenters. The molecule has 3 aromatic rings. The Balaban J connectivity index is 1.11. The van der Waals surface area contributed by atoms with Crippen molar-refractivity contribution in [1.29, 1.82) is 0 Å². The van der Waals surface area contributed by atoms with Gasteiger partial charge in [-0.15, -0.1) is 0 Å². The molecule has 1 aliphatic heterocycles. The van der Waals surface area contributed by atoms with Crippen LogP contribution in [0.4, 0.5) is 0 Å². The van der Waals surface area contributed by atoms with Crippen molar-refractivity contribution in [2.24, 2.45) is 18.4 Å². The lowest BCUT2D eigenvalue weighted by molar-refractivity contribution is 0.153. The molecule has 0 amide bonds. The molecule has 4 heterocycles. The molecule has 6 nitrogen and oxygen atoms in total. The Morgan fingerprint density at radius 1 is 1.10 bits per heavy atom. The molecule has 2 aliphatic rings. The lowest BCUT2D eigenvalue weighted by Crippen LogP contribution is -2.35. The minimum absolute atomic E-state index is 0.593. The molecule has 0 aromatic carbocycles. The summed E-state index contributed by atoms with van der Waals surface area (Å²) in [6, 6.07) is 8.42. The summed E-state index contributed by atoms with van der Waals surface area (Å²) in [6.07, 6.45) is 10.2. The minimum Gasteiger partial charge on any atom is -0.297 e. The van der Waals surface area contributed by atoms with Crippen molar-refractivity contribution in [3.8, 4) is 11.3 Å². The van der Waals surface area contributed by atoms with Gasteiger partial charge >= 0.3 is 0 Å². The first-order valence-electron chi connectivity index (χ1n) is 11.5. The van der Waals surface area contributed by atoms with Crippen LogP contribution >= 0.6 is 0 Å². The molecule has 6 heteroatoms. The molecule has 1 saturated carbocycles. The van der Waals surface area contributed by atoms with Crippen LogP contribution in [0.5, 0.6) is 0 Å². The SMILES string of the molecule is Cc1cccnc1CN1CCC2(CC1)CC2CCc1ccc(-c2cn(C)nc2C)nn1. The van der Waals surface area contributed by atoms with Gasteiger partial charge in [-0.3, -0.25) is 14.6 Å². The quantitative estimate of drug-likeness (QED) is 0.605. The molecule has 1 spiro atoms. The van der Waals surface area contributed by atoms with E-state index >= 15 is 0 Å². The average molecular weight is 417 g/mol. The van der Waals surface area contributed by atoms with Crippen LogP contribution in [0, 0.1) is 25.2 Å². The van der Waals surface area contributed by atoms with Gasteiger partial charge in [0.2, 0.25) is 0 Å². The maximum absolute atomic E-state index is 4.57. The van der Waals surface area contributed by atoms with E-state index in [1.54, 1.807) is 0 Å². The molecule has 1 aliphatic carbocycles. The maximum Gasteiger partial charge on any atom is 0.0964 e. The molecule has 3 aromatic heterocycles. The number of piperidine rings is 1. The van der Waals surface area contributed by atoms with Crippen LogP contribution in [0.3, 0.4) is 0 Å². The van der Waals surface area contributed by atoms with Crippen LogP contribution in [0.15, 0.2) is 36.7 Å². The Hall–Kier alpha value is -2.60. The number of rotatable bonds is 6. The molecular weight excluding hydrogens is 384 g/mol. The Bertz CT molecular complexity index is 1050. The lowest BCUT2D eigenvalue weighted by Gasteiger charge is -2.33. The van der Waals surface area contributed by atoms with E-state index in [0.29, 0.717) is 5.41 Å². The van der Waals surface area contributed by atoms with E-state index in [1.165, 1.54) is 50.0 Å². The highest BCUT2D eigenvalue weighted by Gasteiger charge is 2.53. The number of hydrogen-bond acceptors (Lipinski definition) is 5. The summed E-state index contributed by atoms with van der Waals surface area (Å²) in [4.78, 5) is 7.16. The van der Waals surface area contributed by atoms with Crippen LogP contribution in [0.1, 0.15) is 48.3 Å². The number of likely N-dealkylation sites (tertiary alicyclic amines) is 1. The molecule has 5 rings (SSSR count). The predicted octanol–water partition coefficient (Wildman–Crippen LogP) is 4.12. The average Bonchev–Trinajstić information content (AvgIpc) is 3.33. The minimum atomic E-state index is 0.593. The number of aryl methyl sites for hydroxylation is 4. The second-order valence-electron chi connectivity index (χ2n) is 9.56. The smallest absolute Gasteiger partial charge is 0.0964 e. The highest BCUT2D eigenvalue weighted by atomic mass is 15.3. The van der Waals surface area contributed by atoms with Gasteiger partial charge in [-0.1, -0.05) is 6.07 Å². The third kappa shape index (κ3) is 4.26. The van der Waals surface area contributed by atoms with E-state index in [4.69, 9.17) is 0 Å². The van der Waals surface area contributed by atoms with E-state index in [-0.39, 0.29) is 0 Å². The second-order valence-corrected chi connectivity index (χ2v) is 9.56. The number of nitrogens with zero attached hydrogens (tertiary/aromatic N) is 6. The van der Waals surface area contributed by atoms with Gasteiger partial charge in [0, 0.05) is 31.5 Å². The van der Waals surface area contributed by atoms with E-state index in [9.17, 15) is 0 Å². The summed E-state index contributed by atoms with van der Waals surface area (Å²) in [5, 5.41) is 13.4. The molecule has 0 radical (unpaired) electrons. The second kappa shape index (κ2) is 8.15. The lowest BCUT2D eigenvalue weighted by atomic mass is 9.89. The van der Waals surface area contributed by atoms with Gasteiger partial charge in [0.05, 0.1) is 22.8 Å². The molecule has 0 N–H and O–H groups in total. The summed E-state index contributed by atoms with van der Waals surface area (Å²) in [6.45, 7) is 7.57. The van der Waals surface area contributed by atoms with Crippen LogP contribution < -0.4 is 0 Å². The van der Waals surface area contributed by atoms with Gasteiger partial charge in [0.25, 0.3) is 0 Å². The van der Waals surface area contributed by atoms with Gasteiger partial charge < -0.3 is 0 Å². The number of hydrogen-bond donors (Lipinski definition) is 0. The van der Waals surface area contributed by atoms with Gasteiger partial charge in [-0.25, -0.2) is 0 Å². The zero-order chi connectivity index (χ0) is 21.4. The van der Waals surface area contributed by atoms with E-state index in [1.807, 2.05) is 37.1 Å². The Morgan fingerprint density at radius 3 is 2.61 bits per heavy atom. The van der Waals surface area contributed by atoms with Crippen LogP contribution in [0.25, 0.3) is 11.3 Å². The van der Waals surface area contributed by atoms with Crippen molar-refractivity contribution in [2.75, 3.05) is 13.1 Å². The largest absolute Gasteiger partial charge is 0.297 e. The fraction of sp³-hybridized carbons (Fsp3) is 0.520. The van der Waals surface area contributed by atoms with Crippen molar-refractivity contribution in [3.05, 3.63) is 59.3 Å². The van der Waals surface area contributed by atoms with E-state index in [2.05, 4.69) is 50.3 Å². The van der Waals surface area contributed by atoms with Gasteiger partial charge in [0.1, 0.15) is 0 Å². The first-order chi connectivity index (χ1) is 15.0. The van der Waals surface area contributed by atoms with Gasteiger partial charge in [-0.2, -0.15) is 15.3 Å². The standard InChI is InChI=1S/C25H32N6/c1-18-5-4-12-26-24(18)17-31-13-10-25(11-14-31)15-20(25)6-7-21-8-9-23(28-27-21)22-16-30(3)29-19(22)2/h4-5,8-9,12,16,20H,6-7,10-11,13-15,17H2,1-3H3. The maximum atomic E-state index is 4.57. The highest BCUT2D eigenvalue weighted by molar-refractivity contribution is 5.60. The molecule has 0 bridgehead atoms. The van der Waals surface area contributed by atoms with Gasteiger partial charge in [0.15, 0.2) is 0 Å². The Kier molecular flexibility index (Phi) is 5.34. The monoisotopic (exact) mass is 416 g/mol. The molecule has 2 fully saturated rings. The summed E-state index contributed by atoms with van der Waals surface area (Å²) < 4.78 is 1.83. The predicted molar refractivity (Wildman–Crippen MR) is 121 cm³/mol. The zero-order valence-corrected chi connectivity index (χ0v) is 18.9. The third-order valence-corrected chi connectivity index (χ3v) is 7.46. The van der Waals surface area contributed by atoms with E-state index < -0.39 is 0 Å². The van der Waals surface area contributed by atoms with Crippen LogP contribution in [0.2, 0.25) is 0 Å². The molecule has 31 heavy (non-hydrogen) atoms. The first kappa shape index (κ1) is 20.3. The normalized spacial score (nSPS) is 20.3. The topological polar surface area (TPSA) is 59.7 Å².